The maximum absolute atomic E-state index is 9.44. The van der Waals surface area contributed by atoms with Crippen molar-refractivity contribution in [1.82, 2.24) is 0 Å². The zero-order valence-corrected chi connectivity index (χ0v) is 28.7. The molecule has 250 valence electrons. The SMILES string of the molecule is [2H]c1c([2H])c(N(c2ccc(-c3cccc(-c4ccc5ccccc5c4)c3)cc2)c2c([2H])c([2H])c(-c3ccc(-c4ccccc4)cc3)c([2H])c2[2H])c([2H])c([2H])c1-c1ccccc1. The molecule has 0 unspecified atom stereocenters. The molecule has 0 spiro atoms. The topological polar surface area (TPSA) is 3.24 Å². The third kappa shape index (κ3) is 6.77. The van der Waals surface area contributed by atoms with Gasteiger partial charge in [-0.1, -0.05) is 176 Å². The summed E-state index contributed by atoms with van der Waals surface area (Å²) >= 11 is 0. The van der Waals surface area contributed by atoms with Gasteiger partial charge in [-0.05, 0) is 115 Å². The van der Waals surface area contributed by atoms with Crippen molar-refractivity contribution >= 4 is 27.8 Å². The number of anilines is 3. The monoisotopic (exact) mass is 683 g/mol. The van der Waals surface area contributed by atoms with Crippen LogP contribution >= 0.6 is 0 Å². The Hall–Kier alpha value is -6.96. The Morgan fingerprint density at radius 2 is 0.623 bits per heavy atom. The molecule has 0 aliphatic rings. The molecule has 0 bridgehead atoms. The minimum atomic E-state index is -0.390. The van der Waals surface area contributed by atoms with Crippen molar-refractivity contribution < 1.29 is 11.0 Å². The third-order valence-corrected chi connectivity index (χ3v) is 9.42. The predicted molar refractivity (Wildman–Crippen MR) is 226 cm³/mol. The molecule has 9 rings (SSSR count). The lowest BCUT2D eigenvalue weighted by Crippen LogP contribution is -2.09. The fraction of sp³-hybridized carbons (Fsp3) is 0. The van der Waals surface area contributed by atoms with Gasteiger partial charge in [0.1, 0.15) is 0 Å². The highest BCUT2D eigenvalue weighted by Crippen LogP contribution is 2.38. The van der Waals surface area contributed by atoms with E-state index in [1.54, 1.807) is 48.5 Å². The van der Waals surface area contributed by atoms with Gasteiger partial charge in [0.25, 0.3) is 0 Å². The number of hydrogen-bond acceptors (Lipinski definition) is 1. The molecule has 0 fully saturated rings. The van der Waals surface area contributed by atoms with Crippen LogP contribution < -0.4 is 4.90 Å². The first-order valence-corrected chi connectivity index (χ1v) is 17.5. The highest BCUT2D eigenvalue weighted by molar-refractivity contribution is 5.88. The smallest absolute Gasteiger partial charge is 0.0645 e. The number of nitrogens with zero attached hydrogens (tertiary/aromatic N) is 1. The molecule has 0 aliphatic heterocycles. The minimum absolute atomic E-state index is 0.110. The molecule has 0 atom stereocenters. The zero-order chi connectivity index (χ0) is 42.4. The van der Waals surface area contributed by atoms with Crippen LogP contribution in [0.2, 0.25) is 0 Å². The molecule has 0 amide bonds. The number of hydrogen-bond donors (Lipinski definition) is 0. The first-order chi connectivity index (χ1) is 29.6. The Kier molecular flexibility index (Phi) is 6.57. The average molecular weight is 684 g/mol. The summed E-state index contributed by atoms with van der Waals surface area (Å²) in [6, 6.07) is 53.2. The van der Waals surface area contributed by atoms with Crippen LogP contribution in [-0.2, 0) is 0 Å². The van der Waals surface area contributed by atoms with Gasteiger partial charge in [0.2, 0.25) is 0 Å². The summed E-state index contributed by atoms with van der Waals surface area (Å²) in [6.45, 7) is 0. The molecule has 0 radical (unpaired) electrons. The predicted octanol–water partition coefficient (Wildman–Crippen LogP) is 14.6. The lowest BCUT2D eigenvalue weighted by atomic mass is 9.97. The molecule has 0 heterocycles. The van der Waals surface area contributed by atoms with Gasteiger partial charge >= 0.3 is 0 Å². The maximum atomic E-state index is 9.44. The molecule has 0 aliphatic carbocycles. The van der Waals surface area contributed by atoms with Crippen LogP contribution in [0.5, 0.6) is 0 Å². The van der Waals surface area contributed by atoms with Crippen molar-refractivity contribution in [2.24, 2.45) is 0 Å². The molecule has 1 nitrogen and oxygen atoms in total. The Labute approximate surface area is 323 Å². The number of fused-ring (bicyclic) bond motifs is 1. The normalized spacial score (nSPS) is 13.1. The Morgan fingerprint density at radius 1 is 0.245 bits per heavy atom. The van der Waals surface area contributed by atoms with E-state index < -0.39 is 0 Å². The van der Waals surface area contributed by atoms with Gasteiger partial charge in [0.05, 0.1) is 11.0 Å². The van der Waals surface area contributed by atoms with Gasteiger partial charge in [-0.3, -0.25) is 0 Å². The van der Waals surface area contributed by atoms with Crippen molar-refractivity contribution in [2.75, 3.05) is 4.90 Å². The van der Waals surface area contributed by atoms with E-state index in [0.29, 0.717) is 16.8 Å². The van der Waals surface area contributed by atoms with E-state index in [2.05, 4.69) is 42.5 Å². The van der Waals surface area contributed by atoms with E-state index >= 15 is 0 Å². The van der Waals surface area contributed by atoms with Crippen LogP contribution in [0, 0.1) is 0 Å². The Balaban J connectivity index is 1.19. The summed E-state index contributed by atoms with van der Waals surface area (Å²) < 4.78 is 74.4. The highest BCUT2D eigenvalue weighted by Gasteiger charge is 2.14. The van der Waals surface area contributed by atoms with Gasteiger partial charge in [0, 0.05) is 17.1 Å². The summed E-state index contributed by atoms with van der Waals surface area (Å²) in [7, 11) is 0. The summed E-state index contributed by atoms with van der Waals surface area (Å²) in [6.07, 6.45) is 0. The highest BCUT2D eigenvalue weighted by atomic mass is 15.1. The van der Waals surface area contributed by atoms with Crippen molar-refractivity contribution in [1.29, 1.82) is 0 Å². The molecule has 0 N–H and O–H groups in total. The third-order valence-electron chi connectivity index (χ3n) is 9.42. The van der Waals surface area contributed by atoms with Gasteiger partial charge in [-0.15, -0.1) is 0 Å². The van der Waals surface area contributed by atoms with Crippen LogP contribution in [0.4, 0.5) is 17.1 Å². The summed E-state index contributed by atoms with van der Waals surface area (Å²) in [5.41, 5.74) is 7.04. The Bertz CT molecular complexity index is 3040. The number of benzene rings is 9. The minimum Gasteiger partial charge on any atom is -0.311 e. The largest absolute Gasteiger partial charge is 0.311 e. The van der Waals surface area contributed by atoms with Gasteiger partial charge in [-0.25, -0.2) is 0 Å². The van der Waals surface area contributed by atoms with E-state index in [1.165, 1.54) is 4.90 Å². The quantitative estimate of drug-likeness (QED) is 0.154. The molecule has 1 heteroatoms. The van der Waals surface area contributed by atoms with Crippen molar-refractivity contribution in [3.8, 4) is 55.6 Å². The second-order valence-corrected chi connectivity index (χ2v) is 12.8. The van der Waals surface area contributed by atoms with E-state index in [1.807, 2.05) is 84.9 Å². The second-order valence-electron chi connectivity index (χ2n) is 12.8. The lowest BCUT2D eigenvalue weighted by molar-refractivity contribution is 1.28. The Morgan fingerprint density at radius 3 is 1.21 bits per heavy atom. The van der Waals surface area contributed by atoms with Crippen LogP contribution in [0.1, 0.15) is 11.0 Å². The molecule has 0 aromatic heterocycles. The van der Waals surface area contributed by atoms with Gasteiger partial charge < -0.3 is 4.90 Å². The van der Waals surface area contributed by atoms with Gasteiger partial charge in [0.15, 0.2) is 0 Å². The maximum Gasteiger partial charge on any atom is 0.0645 e. The fourth-order valence-electron chi connectivity index (χ4n) is 6.61. The van der Waals surface area contributed by atoms with Crippen molar-refractivity contribution in [3.05, 3.63) is 224 Å². The van der Waals surface area contributed by atoms with Crippen LogP contribution in [-0.4, -0.2) is 0 Å². The van der Waals surface area contributed by atoms with E-state index in [4.69, 9.17) is 2.74 Å². The lowest BCUT2D eigenvalue weighted by Gasteiger charge is -2.26. The van der Waals surface area contributed by atoms with Crippen LogP contribution in [0.25, 0.3) is 66.4 Å². The average Bonchev–Trinajstić information content (AvgIpc) is 3.31. The zero-order valence-electron chi connectivity index (χ0n) is 36.7. The summed E-state index contributed by atoms with van der Waals surface area (Å²) in [5.74, 6) is 0. The molecule has 53 heavy (non-hydrogen) atoms. The number of rotatable bonds is 8. The van der Waals surface area contributed by atoms with E-state index in [0.717, 1.165) is 44.2 Å². The molecule has 0 saturated heterocycles. The van der Waals surface area contributed by atoms with E-state index in [-0.39, 0.29) is 70.8 Å². The van der Waals surface area contributed by atoms with E-state index in [9.17, 15) is 8.22 Å². The standard InChI is InChI=1S/C52H37N/c1-3-10-38(11-4-1)41-18-20-42(21-19-41)44-26-32-51(33-27-44)53(50-30-24-43(25-31-50)39-12-5-2-6-13-39)52-34-28-45(29-35-52)47-16-9-17-48(36-47)49-23-22-40-14-7-8-15-46(40)37-49/h1-37H/i24D,25D,26D,27D,30D,31D,32D,33D. The first-order valence-electron chi connectivity index (χ1n) is 21.5. The molecular formula is C52H37N. The van der Waals surface area contributed by atoms with Crippen LogP contribution in [0.15, 0.2) is 224 Å². The molecule has 0 saturated carbocycles. The summed E-state index contributed by atoms with van der Waals surface area (Å²) in [4.78, 5) is 1.34. The summed E-state index contributed by atoms with van der Waals surface area (Å²) in [5, 5.41) is 2.30. The molecule has 9 aromatic rings. The van der Waals surface area contributed by atoms with Gasteiger partial charge in [-0.2, -0.15) is 0 Å². The fourth-order valence-corrected chi connectivity index (χ4v) is 6.61. The van der Waals surface area contributed by atoms with Crippen molar-refractivity contribution in [3.63, 3.8) is 0 Å². The molecule has 9 aromatic carbocycles. The van der Waals surface area contributed by atoms with Crippen LogP contribution in [0.3, 0.4) is 0 Å². The second kappa shape index (κ2) is 14.3. The molecular weight excluding hydrogens is 639 g/mol. The van der Waals surface area contributed by atoms with Crippen molar-refractivity contribution in [2.45, 2.75) is 0 Å². The first kappa shape index (κ1) is 24.3.